The number of likely N-dealkylation sites (tertiary alicyclic amines) is 1. The first-order valence-electron chi connectivity index (χ1n) is 10.3. The minimum atomic E-state index is -0.489. The summed E-state index contributed by atoms with van der Waals surface area (Å²) in [5, 5.41) is 19.6. The summed E-state index contributed by atoms with van der Waals surface area (Å²) < 4.78 is 11.2. The Balaban J connectivity index is 1.53. The molecular weight excluding hydrogens is 414 g/mol. The first-order valence-corrected chi connectivity index (χ1v) is 10.3. The molecule has 32 heavy (non-hydrogen) atoms. The maximum Gasteiger partial charge on any atom is 0.293 e. The summed E-state index contributed by atoms with van der Waals surface area (Å²) in [7, 11) is 1.60. The quantitative estimate of drug-likeness (QED) is 0.409. The van der Waals surface area contributed by atoms with Gasteiger partial charge in [-0.2, -0.15) is 9.78 Å². The Hall–Kier alpha value is -3.80. The van der Waals surface area contributed by atoms with Gasteiger partial charge >= 0.3 is 0 Å². The highest BCUT2D eigenvalue weighted by atomic mass is 16.6. The maximum atomic E-state index is 12.8. The fourth-order valence-corrected chi connectivity index (χ4v) is 3.47. The number of amides is 1. The molecule has 12 nitrogen and oxygen atoms in total. The van der Waals surface area contributed by atoms with Crippen molar-refractivity contribution in [3.63, 3.8) is 0 Å². The van der Waals surface area contributed by atoms with E-state index in [1.165, 1.54) is 10.9 Å². The zero-order valence-electron chi connectivity index (χ0n) is 17.9. The van der Waals surface area contributed by atoms with E-state index in [0.29, 0.717) is 18.2 Å². The number of aromatic nitrogens is 5. The largest absolute Gasteiger partial charge is 0.497 e. The van der Waals surface area contributed by atoms with Crippen molar-refractivity contribution >= 4 is 17.9 Å². The molecule has 0 saturated carbocycles. The molecule has 12 heteroatoms. The second kappa shape index (κ2) is 9.56. The van der Waals surface area contributed by atoms with Gasteiger partial charge in [0.05, 0.1) is 19.0 Å². The highest BCUT2D eigenvalue weighted by Gasteiger charge is 2.26. The highest BCUT2D eigenvalue weighted by molar-refractivity contribution is 5.94. The Kier molecular flexibility index (Phi) is 6.40. The summed E-state index contributed by atoms with van der Waals surface area (Å²) in [5.41, 5.74) is 9.83. The molecule has 168 valence electrons. The Morgan fingerprint density at radius 2 is 2.06 bits per heavy atom. The fraction of sp³-hybridized carbons (Fsp3) is 0.400. The number of anilines is 1. The van der Waals surface area contributed by atoms with E-state index < -0.39 is 5.91 Å². The van der Waals surface area contributed by atoms with Crippen LogP contribution in [0.5, 0.6) is 5.75 Å². The molecule has 0 unspecified atom stereocenters. The number of nitrogens with two attached hydrogens (primary N) is 1. The van der Waals surface area contributed by atoms with Gasteiger partial charge in [0.1, 0.15) is 5.75 Å². The van der Waals surface area contributed by atoms with E-state index in [-0.39, 0.29) is 17.3 Å². The van der Waals surface area contributed by atoms with Crippen LogP contribution in [-0.4, -0.2) is 62.5 Å². The van der Waals surface area contributed by atoms with Crippen LogP contribution < -0.4 is 15.9 Å². The monoisotopic (exact) mass is 439 g/mol. The van der Waals surface area contributed by atoms with E-state index in [4.69, 9.17) is 15.1 Å². The molecule has 3 aromatic rings. The minimum Gasteiger partial charge on any atom is -0.497 e. The molecule has 1 aliphatic rings. The third-order valence-corrected chi connectivity index (χ3v) is 5.42. The summed E-state index contributed by atoms with van der Waals surface area (Å²) in [4.78, 5) is 15.1. The van der Waals surface area contributed by atoms with Crippen molar-refractivity contribution in [3.05, 3.63) is 41.2 Å². The second-order valence-corrected chi connectivity index (χ2v) is 7.70. The van der Waals surface area contributed by atoms with E-state index in [9.17, 15) is 4.79 Å². The van der Waals surface area contributed by atoms with E-state index >= 15 is 0 Å². The van der Waals surface area contributed by atoms with Crippen molar-refractivity contribution < 1.29 is 14.2 Å². The molecule has 0 spiro atoms. The van der Waals surface area contributed by atoms with Crippen LogP contribution in [0.25, 0.3) is 5.82 Å². The van der Waals surface area contributed by atoms with Crippen LogP contribution >= 0.6 is 0 Å². The Labute approximate surface area is 184 Å². The number of carbonyl (C=O) groups excluding carboxylic acids is 1. The van der Waals surface area contributed by atoms with Crippen molar-refractivity contribution in [2.24, 2.45) is 11.0 Å². The summed E-state index contributed by atoms with van der Waals surface area (Å²) >= 11 is 0. The van der Waals surface area contributed by atoms with Gasteiger partial charge < -0.3 is 10.5 Å². The Morgan fingerprint density at radius 3 is 2.72 bits per heavy atom. The molecule has 1 aromatic carbocycles. The minimum absolute atomic E-state index is 0.0629. The van der Waals surface area contributed by atoms with Gasteiger partial charge in [-0.3, -0.25) is 9.69 Å². The van der Waals surface area contributed by atoms with Crippen LogP contribution in [-0.2, 0) is 6.54 Å². The number of ether oxygens (including phenoxy) is 1. The molecule has 1 amide bonds. The summed E-state index contributed by atoms with van der Waals surface area (Å²) in [6.45, 7) is 4.52. The van der Waals surface area contributed by atoms with Crippen LogP contribution in [0.15, 0.2) is 34.0 Å². The lowest BCUT2D eigenvalue weighted by molar-refractivity contribution is 0.0947. The maximum absolute atomic E-state index is 12.8. The third kappa shape index (κ3) is 4.75. The molecule has 2 aromatic heterocycles. The molecule has 0 atom stereocenters. The van der Waals surface area contributed by atoms with Crippen LogP contribution in [0.1, 0.15) is 41.5 Å². The smallest absolute Gasteiger partial charge is 0.293 e. The average Bonchev–Trinajstić information content (AvgIpc) is 3.41. The van der Waals surface area contributed by atoms with Gasteiger partial charge in [0.15, 0.2) is 5.69 Å². The molecule has 3 heterocycles. The van der Waals surface area contributed by atoms with Gasteiger partial charge in [0, 0.05) is 6.54 Å². The molecular formula is C20H25N9O3. The van der Waals surface area contributed by atoms with E-state index in [2.05, 4.69) is 43.0 Å². The van der Waals surface area contributed by atoms with Gasteiger partial charge in [-0.15, -0.1) is 5.10 Å². The van der Waals surface area contributed by atoms with Gasteiger partial charge in [-0.25, -0.2) is 10.1 Å². The zero-order chi connectivity index (χ0) is 22.5. The molecule has 1 aliphatic heterocycles. The van der Waals surface area contributed by atoms with Crippen LogP contribution in [0.3, 0.4) is 0 Å². The number of nitrogen functional groups attached to an aromatic ring is 1. The van der Waals surface area contributed by atoms with Gasteiger partial charge in [0.25, 0.3) is 5.91 Å². The lowest BCUT2D eigenvalue weighted by Crippen LogP contribution is -2.34. The van der Waals surface area contributed by atoms with Crippen molar-refractivity contribution in [3.8, 4) is 11.6 Å². The molecule has 4 rings (SSSR count). The topological polar surface area (TPSA) is 150 Å². The summed E-state index contributed by atoms with van der Waals surface area (Å²) in [6.07, 6.45) is 3.71. The van der Waals surface area contributed by atoms with E-state index in [1.54, 1.807) is 7.11 Å². The SMILES string of the molecule is COc1ccc(/C=N/NC(=O)c2nnn(-c3nonc3N)c2CN2CCC(C)CC2)cc1. The lowest BCUT2D eigenvalue weighted by Gasteiger charge is -2.30. The van der Waals surface area contributed by atoms with Crippen LogP contribution in [0.2, 0.25) is 0 Å². The molecule has 0 bridgehead atoms. The Morgan fingerprint density at radius 1 is 1.31 bits per heavy atom. The predicted octanol–water partition coefficient (Wildman–Crippen LogP) is 1.24. The number of nitrogens with one attached hydrogen (secondary N) is 1. The molecule has 1 fully saturated rings. The normalized spacial score (nSPS) is 15.3. The van der Waals surface area contributed by atoms with Crippen molar-refractivity contribution in [2.45, 2.75) is 26.3 Å². The molecule has 0 radical (unpaired) electrons. The van der Waals surface area contributed by atoms with Gasteiger partial charge in [-0.1, -0.05) is 12.1 Å². The van der Waals surface area contributed by atoms with Crippen molar-refractivity contribution in [2.75, 3.05) is 25.9 Å². The van der Waals surface area contributed by atoms with Crippen LogP contribution in [0, 0.1) is 5.92 Å². The number of benzene rings is 1. The highest BCUT2D eigenvalue weighted by Crippen LogP contribution is 2.21. The number of carbonyl (C=O) groups is 1. The third-order valence-electron chi connectivity index (χ3n) is 5.42. The number of hydrogen-bond donors (Lipinski definition) is 2. The zero-order valence-corrected chi connectivity index (χ0v) is 17.9. The average molecular weight is 439 g/mol. The molecule has 0 aliphatic carbocycles. The summed E-state index contributed by atoms with van der Waals surface area (Å²) in [6, 6.07) is 7.27. The van der Waals surface area contributed by atoms with E-state index in [1.807, 2.05) is 24.3 Å². The van der Waals surface area contributed by atoms with Crippen LogP contribution in [0.4, 0.5) is 5.82 Å². The number of hydrazone groups is 1. The lowest BCUT2D eigenvalue weighted by atomic mass is 9.99. The molecule has 3 N–H and O–H groups in total. The number of hydrogen-bond acceptors (Lipinski definition) is 10. The van der Waals surface area contributed by atoms with E-state index in [0.717, 1.165) is 37.2 Å². The molecule has 1 saturated heterocycles. The van der Waals surface area contributed by atoms with Gasteiger partial charge in [0.2, 0.25) is 11.6 Å². The van der Waals surface area contributed by atoms with Gasteiger partial charge in [-0.05, 0) is 72.0 Å². The number of rotatable bonds is 7. The summed E-state index contributed by atoms with van der Waals surface area (Å²) in [5.74, 6) is 1.18. The first-order chi connectivity index (χ1) is 15.5. The standard InChI is InChI=1S/C20H25N9O3/c1-13-7-9-28(10-8-13)12-16-17(23-27-29(16)19-18(21)25-32-26-19)20(30)24-22-11-14-3-5-15(31-2)6-4-14/h3-6,11,13H,7-10,12H2,1-2H3,(H2,21,25)(H,24,30)/b22-11+. The fourth-order valence-electron chi connectivity index (χ4n) is 3.47. The second-order valence-electron chi connectivity index (χ2n) is 7.70. The Bertz CT molecular complexity index is 1080. The number of piperidine rings is 1. The number of nitrogens with zero attached hydrogens (tertiary/aromatic N) is 7. The van der Waals surface area contributed by atoms with Crippen molar-refractivity contribution in [1.82, 2.24) is 35.6 Å². The van der Waals surface area contributed by atoms with Crippen molar-refractivity contribution in [1.29, 1.82) is 0 Å². The first kappa shape index (κ1) is 21.4. The number of methoxy groups -OCH3 is 1. The predicted molar refractivity (Wildman–Crippen MR) is 115 cm³/mol.